The molecule has 0 aromatic heterocycles. The van der Waals surface area contributed by atoms with E-state index in [1.54, 1.807) is 7.11 Å². The summed E-state index contributed by atoms with van der Waals surface area (Å²) in [6, 6.07) is 16.1. The average molecular weight is 367 g/mol. The molecular weight excluding hydrogens is 338 g/mol. The molecular formula is C22H29N3O2. The van der Waals surface area contributed by atoms with Gasteiger partial charge in [0, 0.05) is 44.8 Å². The van der Waals surface area contributed by atoms with Crippen LogP contribution in [-0.2, 0) is 17.8 Å². The molecule has 0 radical (unpaired) electrons. The fraction of sp³-hybridized carbons (Fsp3) is 0.409. The fourth-order valence-electron chi connectivity index (χ4n) is 3.23. The van der Waals surface area contributed by atoms with Crippen LogP contribution in [0.4, 0.5) is 5.69 Å². The molecule has 1 saturated heterocycles. The monoisotopic (exact) mass is 367 g/mol. The van der Waals surface area contributed by atoms with Crippen LogP contribution in [0, 0.1) is 0 Å². The second-order valence-corrected chi connectivity index (χ2v) is 7.17. The minimum Gasteiger partial charge on any atom is -0.497 e. The largest absolute Gasteiger partial charge is 0.497 e. The molecule has 1 heterocycles. The van der Waals surface area contributed by atoms with Gasteiger partial charge in [0.05, 0.1) is 7.11 Å². The van der Waals surface area contributed by atoms with Crippen LogP contribution in [-0.4, -0.2) is 56.0 Å². The number of carbonyl (C=O) groups excluding carboxylic acids is 1. The summed E-state index contributed by atoms with van der Waals surface area (Å²) in [6.45, 7) is 5.45. The zero-order valence-corrected chi connectivity index (χ0v) is 16.3. The van der Waals surface area contributed by atoms with Crippen molar-refractivity contribution in [1.29, 1.82) is 0 Å². The summed E-state index contributed by atoms with van der Waals surface area (Å²) in [4.78, 5) is 17.0. The van der Waals surface area contributed by atoms with Gasteiger partial charge in [0.2, 0.25) is 5.91 Å². The lowest BCUT2D eigenvalue weighted by Gasteiger charge is -2.32. The van der Waals surface area contributed by atoms with Crippen LogP contribution in [0.5, 0.6) is 5.75 Å². The third kappa shape index (κ3) is 6.08. The predicted octanol–water partition coefficient (Wildman–Crippen LogP) is 3.01. The fourth-order valence-corrected chi connectivity index (χ4v) is 3.23. The molecule has 2 aromatic carbocycles. The number of hydrogen-bond acceptors (Lipinski definition) is 4. The van der Waals surface area contributed by atoms with Crippen LogP contribution in [0.1, 0.15) is 17.5 Å². The first-order chi connectivity index (χ1) is 13.1. The molecule has 144 valence electrons. The molecule has 0 unspecified atom stereocenters. The maximum Gasteiger partial charge on any atom is 0.224 e. The molecule has 1 amide bonds. The summed E-state index contributed by atoms with van der Waals surface area (Å²) >= 11 is 0. The molecule has 27 heavy (non-hydrogen) atoms. The molecule has 0 saturated carbocycles. The van der Waals surface area contributed by atoms with Crippen molar-refractivity contribution in [2.24, 2.45) is 0 Å². The number of benzene rings is 2. The minimum atomic E-state index is 0.0395. The highest BCUT2D eigenvalue weighted by atomic mass is 16.5. The van der Waals surface area contributed by atoms with Crippen molar-refractivity contribution >= 4 is 11.6 Å². The van der Waals surface area contributed by atoms with Crippen molar-refractivity contribution in [3.8, 4) is 5.75 Å². The van der Waals surface area contributed by atoms with Crippen LogP contribution in [0.3, 0.4) is 0 Å². The first-order valence-electron chi connectivity index (χ1n) is 9.55. The lowest BCUT2D eigenvalue weighted by atomic mass is 10.1. The summed E-state index contributed by atoms with van der Waals surface area (Å²) in [5, 5.41) is 2.99. The van der Waals surface area contributed by atoms with Crippen LogP contribution in [0.2, 0.25) is 0 Å². The van der Waals surface area contributed by atoms with Gasteiger partial charge in [-0.05, 0) is 48.9 Å². The quantitative estimate of drug-likeness (QED) is 0.817. The number of anilines is 1. The van der Waals surface area contributed by atoms with Crippen molar-refractivity contribution < 1.29 is 9.53 Å². The smallest absolute Gasteiger partial charge is 0.224 e. The highest BCUT2D eigenvalue weighted by Crippen LogP contribution is 2.15. The highest BCUT2D eigenvalue weighted by Gasteiger charge is 2.13. The molecule has 5 nitrogen and oxygen atoms in total. The summed E-state index contributed by atoms with van der Waals surface area (Å²) in [5.41, 5.74) is 3.28. The zero-order chi connectivity index (χ0) is 19.1. The molecule has 1 N–H and O–H groups in total. The maximum atomic E-state index is 12.2. The van der Waals surface area contributed by atoms with Crippen molar-refractivity contribution in [3.05, 3.63) is 59.7 Å². The Hall–Kier alpha value is -2.37. The molecule has 1 aliphatic heterocycles. The van der Waals surface area contributed by atoms with Gasteiger partial charge in [-0.15, -0.1) is 0 Å². The van der Waals surface area contributed by atoms with E-state index in [0.717, 1.165) is 56.1 Å². The number of nitrogens with one attached hydrogen (secondary N) is 1. The Morgan fingerprint density at radius 1 is 0.963 bits per heavy atom. The minimum absolute atomic E-state index is 0.0395. The van der Waals surface area contributed by atoms with Gasteiger partial charge in [0.1, 0.15) is 5.75 Å². The number of rotatable bonds is 7. The molecule has 0 bridgehead atoms. The lowest BCUT2D eigenvalue weighted by molar-refractivity contribution is -0.116. The van der Waals surface area contributed by atoms with Gasteiger partial charge in [-0.1, -0.05) is 24.3 Å². The van der Waals surface area contributed by atoms with Crippen LogP contribution >= 0.6 is 0 Å². The van der Waals surface area contributed by atoms with E-state index in [1.807, 2.05) is 36.4 Å². The zero-order valence-electron chi connectivity index (χ0n) is 16.3. The van der Waals surface area contributed by atoms with Crippen molar-refractivity contribution in [2.75, 3.05) is 45.7 Å². The van der Waals surface area contributed by atoms with Gasteiger partial charge < -0.3 is 15.0 Å². The number of nitrogens with zero attached hydrogens (tertiary/aromatic N) is 2. The summed E-state index contributed by atoms with van der Waals surface area (Å²) in [7, 11) is 3.82. The highest BCUT2D eigenvalue weighted by molar-refractivity contribution is 5.90. The third-order valence-electron chi connectivity index (χ3n) is 5.04. The standard InChI is InChI=1S/C22H29N3O2/c1-24-13-15-25(16-14-24)17-19-3-8-20(9-4-19)23-22(26)12-7-18-5-10-21(27-2)11-6-18/h3-6,8-11H,7,12-17H2,1-2H3,(H,23,26). The average Bonchev–Trinajstić information content (AvgIpc) is 2.70. The Morgan fingerprint density at radius 2 is 1.59 bits per heavy atom. The third-order valence-corrected chi connectivity index (χ3v) is 5.04. The summed E-state index contributed by atoms with van der Waals surface area (Å²) in [5.74, 6) is 0.873. The molecule has 1 fully saturated rings. The van der Waals surface area contributed by atoms with Gasteiger partial charge in [-0.25, -0.2) is 0 Å². The number of aryl methyl sites for hydroxylation is 1. The predicted molar refractivity (Wildman–Crippen MR) is 109 cm³/mol. The number of likely N-dealkylation sites (N-methyl/N-ethyl adjacent to an activating group) is 1. The topological polar surface area (TPSA) is 44.8 Å². The van der Waals surface area contributed by atoms with E-state index in [4.69, 9.17) is 4.74 Å². The number of hydrogen-bond donors (Lipinski definition) is 1. The van der Waals surface area contributed by atoms with E-state index >= 15 is 0 Å². The summed E-state index contributed by atoms with van der Waals surface area (Å²) in [6.07, 6.45) is 1.19. The summed E-state index contributed by atoms with van der Waals surface area (Å²) < 4.78 is 5.15. The Labute approximate surface area is 161 Å². The van der Waals surface area contributed by atoms with Crippen LogP contribution in [0.15, 0.2) is 48.5 Å². The van der Waals surface area contributed by atoms with Gasteiger partial charge >= 0.3 is 0 Å². The van der Waals surface area contributed by atoms with Crippen molar-refractivity contribution in [3.63, 3.8) is 0 Å². The van der Waals surface area contributed by atoms with E-state index in [0.29, 0.717) is 6.42 Å². The van der Waals surface area contributed by atoms with E-state index in [9.17, 15) is 4.79 Å². The second-order valence-electron chi connectivity index (χ2n) is 7.17. The molecule has 0 atom stereocenters. The molecule has 5 heteroatoms. The number of piperazine rings is 1. The van der Waals surface area contributed by atoms with Gasteiger partial charge in [-0.3, -0.25) is 9.69 Å². The molecule has 1 aliphatic rings. The van der Waals surface area contributed by atoms with Crippen LogP contribution in [0.25, 0.3) is 0 Å². The van der Waals surface area contributed by atoms with Gasteiger partial charge in [0.15, 0.2) is 0 Å². The number of amides is 1. The Bertz CT molecular complexity index is 720. The van der Waals surface area contributed by atoms with E-state index in [-0.39, 0.29) is 5.91 Å². The number of carbonyl (C=O) groups is 1. The lowest BCUT2D eigenvalue weighted by Crippen LogP contribution is -2.43. The first kappa shape index (κ1) is 19.4. The van der Waals surface area contributed by atoms with E-state index < -0.39 is 0 Å². The number of methoxy groups -OCH3 is 1. The van der Waals surface area contributed by atoms with Crippen molar-refractivity contribution in [1.82, 2.24) is 9.80 Å². The van der Waals surface area contributed by atoms with Crippen molar-refractivity contribution in [2.45, 2.75) is 19.4 Å². The molecule has 3 rings (SSSR count). The van der Waals surface area contributed by atoms with E-state index in [1.165, 1.54) is 5.56 Å². The first-order valence-corrected chi connectivity index (χ1v) is 9.55. The molecule has 0 aliphatic carbocycles. The maximum absolute atomic E-state index is 12.2. The Morgan fingerprint density at radius 3 is 2.22 bits per heavy atom. The Balaban J connectivity index is 1.43. The van der Waals surface area contributed by atoms with Crippen LogP contribution < -0.4 is 10.1 Å². The van der Waals surface area contributed by atoms with Gasteiger partial charge in [-0.2, -0.15) is 0 Å². The van der Waals surface area contributed by atoms with E-state index in [2.05, 4.69) is 34.3 Å². The number of ether oxygens (including phenoxy) is 1. The Kier molecular flexibility index (Phi) is 6.85. The SMILES string of the molecule is COc1ccc(CCC(=O)Nc2ccc(CN3CCN(C)CC3)cc2)cc1. The van der Waals surface area contributed by atoms with Gasteiger partial charge in [0.25, 0.3) is 0 Å². The molecule has 0 spiro atoms. The second kappa shape index (κ2) is 9.53. The molecule has 2 aromatic rings. The normalized spacial score (nSPS) is 15.5.